The van der Waals surface area contributed by atoms with E-state index >= 15 is 0 Å². The zero-order valence-corrected chi connectivity index (χ0v) is 17.7. The molecule has 2 aliphatic carbocycles. The van der Waals surface area contributed by atoms with Gasteiger partial charge in [0, 0.05) is 0 Å². The van der Waals surface area contributed by atoms with E-state index < -0.39 is 22.9 Å². The third-order valence-electron chi connectivity index (χ3n) is 3.73. The van der Waals surface area contributed by atoms with Crippen molar-refractivity contribution in [3.63, 3.8) is 0 Å². The predicted molar refractivity (Wildman–Crippen MR) is 80.5 cm³/mol. The summed E-state index contributed by atoms with van der Waals surface area (Å²) in [5, 5.41) is 0. The topological polar surface area (TPSA) is 0 Å². The van der Waals surface area contributed by atoms with Crippen LogP contribution in [-0.2, 0) is 22.9 Å². The molecule has 2 aliphatic rings. The van der Waals surface area contributed by atoms with Gasteiger partial charge in [-0.3, -0.25) is 0 Å². The molecule has 0 N–H and O–H groups in total. The second-order valence-electron chi connectivity index (χ2n) is 5.31. The van der Waals surface area contributed by atoms with Gasteiger partial charge in [-0.1, -0.05) is 0 Å². The Morgan fingerprint density at radius 3 is 2.57 bits per heavy atom. The molecule has 0 heterocycles. The van der Waals surface area contributed by atoms with Crippen LogP contribution in [0.4, 0.5) is 0 Å². The zero-order valence-electron chi connectivity index (χ0n) is 12.6. The van der Waals surface area contributed by atoms with E-state index in [1.54, 1.807) is 12.2 Å². The van der Waals surface area contributed by atoms with Crippen LogP contribution in [0.2, 0.25) is 0 Å². The molecule has 0 amide bonds. The zero-order chi connectivity index (χ0) is 13.3. The summed E-state index contributed by atoms with van der Waals surface area (Å²) in [6.07, 6.45) is 24.3. The first-order valence-electron chi connectivity index (χ1n) is 7.52. The van der Waals surface area contributed by atoms with E-state index in [0.29, 0.717) is 0 Å². The van der Waals surface area contributed by atoms with Crippen molar-refractivity contribution in [2.24, 2.45) is 0 Å². The molecule has 0 nitrogen and oxygen atoms in total. The fraction of sp³-hybridized carbons (Fsp3) is 0.444. The monoisotopic (exact) mass is 490 g/mol. The van der Waals surface area contributed by atoms with Gasteiger partial charge in [-0.05, 0) is 0 Å². The minimum absolute atomic E-state index is 0. The number of unbranched alkanes of at least 4 members (excludes halogenated alkanes) is 4. The van der Waals surface area contributed by atoms with Crippen LogP contribution in [0.1, 0.15) is 51.4 Å². The molecular weight excluding hydrogens is 466 g/mol. The second-order valence-corrected chi connectivity index (χ2v) is 10.5. The molecule has 0 unspecified atom stereocenters. The van der Waals surface area contributed by atoms with Gasteiger partial charge in [0.2, 0.25) is 0 Å². The average Bonchev–Trinajstić information content (AvgIpc) is 3.06. The van der Waals surface area contributed by atoms with Crippen LogP contribution < -0.4 is 24.8 Å². The molecule has 0 radical (unpaired) electrons. The molecule has 114 valence electrons. The van der Waals surface area contributed by atoms with Gasteiger partial charge in [0.1, 0.15) is 0 Å². The van der Waals surface area contributed by atoms with Crippen LogP contribution >= 0.6 is 0 Å². The molecule has 0 aromatic carbocycles. The fourth-order valence-corrected chi connectivity index (χ4v) is 7.46. The summed E-state index contributed by atoms with van der Waals surface area (Å²) < 4.78 is 3.56. The van der Waals surface area contributed by atoms with Crippen LogP contribution in [0, 0.1) is 0 Å². The summed E-state index contributed by atoms with van der Waals surface area (Å²) in [5.41, 5.74) is 1.78. The molecule has 0 saturated carbocycles. The average molecular weight is 490 g/mol. The summed E-state index contributed by atoms with van der Waals surface area (Å²) in [5.74, 6) is 0. The molecular formula is C18H24Cl2Hf. The number of hydrogen-bond donors (Lipinski definition) is 0. The summed E-state index contributed by atoms with van der Waals surface area (Å²) in [6, 6.07) is 0. The first-order chi connectivity index (χ1) is 9.40. The molecule has 0 atom stereocenters. The molecule has 0 aromatic rings. The Balaban J connectivity index is 0.00000200. The Kier molecular flexibility index (Phi) is 12.8. The molecule has 0 aliphatic heterocycles. The minimum Gasteiger partial charge on any atom is -1.00 e. The molecule has 3 heteroatoms. The van der Waals surface area contributed by atoms with Crippen molar-refractivity contribution in [2.75, 3.05) is 0 Å². The van der Waals surface area contributed by atoms with Crippen molar-refractivity contribution in [3.05, 3.63) is 55.3 Å². The SMILES string of the molecule is C=CCCCCCCC1=[C]([Hf+2][C]2=CC=CC2)C=CC1.[Cl-].[Cl-]. The second kappa shape index (κ2) is 12.7. The summed E-state index contributed by atoms with van der Waals surface area (Å²) >= 11 is -0.684. The van der Waals surface area contributed by atoms with Crippen LogP contribution in [-0.4, -0.2) is 0 Å². The van der Waals surface area contributed by atoms with E-state index in [4.69, 9.17) is 0 Å². The van der Waals surface area contributed by atoms with Crippen molar-refractivity contribution in [1.29, 1.82) is 0 Å². The molecule has 2 rings (SSSR count). The van der Waals surface area contributed by atoms with Gasteiger partial charge in [-0.15, -0.1) is 0 Å². The van der Waals surface area contributed by atoms with Gasteiger partial charge in [-0.25, -0.2) is 0 Å². The number of hydrogen-bond acceptors (Lipinski definition) is 0. The normalized spacial score (nSPS) is 15.3. The van der Waals surface area contributed by atoms with Gasteiger partial charge < -0.3 is 24.8 Å². The van der Waals surface area contributed by atoms with Crippen LogP contribution in [0.15, 0.2) is 55.3 Å². The first-order valence-corrected chi connectivity index (χ1v) is 11.1. The third-order valence-corrected chi connectivity index (χ3v) is 9.06. The van der Waals surface area contributed by atoms with Crippen LogP contribution in [0.3, 0.4) is 0 Å². The maximum atomic E-state index is 3.78. The number of allylic oxidation sites excluding steroid dienone is 9. The van der Waals surface area contributed by atoms with Crippen molar-refractivity contribution in [1.82, 2.24) is 0 Å². The van der Waals surface area contributed by atoms with E-state index in [9.17, 15) is 0 Å². The van der Waals surface area contributed by atoms with E-state index in [0.717, 1.165) is 0 Å². The predicted octanol–water partition coefficient (Wildman–Crippen LogP) is -0.339. The summed E-state index contributed by atoms with van der Waals surface area (Å²) in [6.45, 7) is 3.78. The Bertz CT molecular complexity index is 430. The van der Waals surface area contributed by atoms with E-state index in [1.165, 1.54) is 51.4 Å². The van der Waals surface area contributed by atoms with Crippen molar-refractivity contribution < 1.29 is 47.7 Å². The van der Waals surface area contributed by atoms with Gasteiger partial charge >= 0.3 is 130 Å². The van der Waals surface area contributed by atoms with Crippen molar-refractivity contribution in [2.45, 2.75) is 51.4 Å². The quantitative estimate of drug-likeness (QED) is 0.236. The molecule has 0 aromatic heterocycles. The van der Waals surface area contributed by atoms with E-state index in [-0.39, 0.29) is 24.8 Å². The van der Waals surface area contributed by atoms with Crippen molar-refractivity contribution in [3.8, 4) is 0 Å². The fourth-order valence-electron chi connectivity index (χ4n) is 2.61. The third kappa shape index (κ3) is 7.81. The van der Waals surface area contributed by atoms with Gasteiger partial charge in [0.05, 0.1) is 0 Å². The van der Waals surface area contributed by atoms with Crippen LogP contribution in [0.25, 0.3) is 0 Å². The Labute approximate surface area is 153 Å². The summed E-state index contributed by atoms with van der Waals surface area (Å²) in [4.78, 5) is 0. The first kappa shape index (κ1) is 21.2. The Morgan fingerprint density at radius 1 is 1.05 bits per heavy atom. The smallest absolute Gasteiger partial charge is 1.00 e. The Morgan fingerprint density at radius 2 is 1.86 bits per heavy atom. The molecule has 0 bridgehead atoms. The molecule has 21 heavy (non-hydrogen) atoms. The standard InChI is InChI=1S/C13H19.C5H5.2ClH.Hf/c1-2-3-4-5-6-7-10-13-11-8-9-12-13;1-2-4-5-3-1;;;/h2,8-9H,1,3-7,10-11H2;1-3H,4H2;2*1H;/q;;;;+2/p-2. The maximum absolute atomic E-state index is 3.78. The van der Waals surface area contributed by atoms with Crippen LogP contribution in [0.5, 0.6) is 0 Å². The maximum Gasteiger partial charge on any atom is -1.00 e. The molecule has 0 spiro atoms. The van der Waals surface area contributed by atoms with Gasteiger partial charge in [-0.2, -0.15) is 0 Å². The number of rotatable bonds is 9. The van der Waals surface area contributed by atoms with Gasteiger partial charge in [0.15, 0.2) is 0 Å². The van der Waals surface area contributed by atoms with Crippen molar-refractivity contribution >= 4 is 0 Å². The van der Waals surface area contributed by atoms with E-state index in [2.05, 4.69) is 37.0 Å². The van der Waals surface area contributed by atoms with E-state index in [1.807, 2.05) is 6.08 Å². The molecule has 0 saturated heterocycles. The Hall–Kier alpha value is 0.150. The van der Waals surface area contributed by atoms with Gasteiger partial charge in [0.25, 0.3) is 0 Å². The minimum atomic E-state index is -0.684. The largest absolute Gasteiger partial charge is 1.00 e. The summed E-state index contributed by atoms with van der Waals surface area (Å²) in [7, 11) is 0. The number of halogens is 2. The molecule has 0 fully saturated rings.